The van der Waals surface area contributed by atoms with Crippen molar-refractivity contribution < 1.29 is 38.8 Å². The highest BCUT2D eigenvalue weighted by Crippen LogP contribution is 2.40. The number of amides is 2. The zero-order chi connectivity index (χ0) is 26.9. The average Bonchev–Trinajstić information content (AvgIpc) is 3.28. The van der Waals surface area contributed by atoms with E-state index in [1.807, 2.05) is 35.2 Å². The predicted molar refractivity (Wildman–Crippen MR) is 133 cm³/mol. The number of pyridine rings is 1. The number of thiazole rings is 1. The number of nitrogens with two attached hydrogens (primary N) is 1. The van der Waals surface area contributed by atoms with E-state index in [0.29, 0.717) is 17.9 Å². The van der Waals surface area contributed by atoms with Gasteiger partial charge in [0.25, 0.3) is 11.8 Å². The van der Waals surface area contributed by atoms with Crippen molar-refractivity contribution >= 4 is 57.7 Å². The molecule has 2 atom stereocenters. The van der Waals surface area contributed by atoms with Gasteiger partial charge in [-0.25, -0.2) is 14.3 Å². The van der Waals surface area contributed by atoms with Gasteiger partial charge >= 0.3 is 11.9 Å². The smallest absolute Gasteiger partial charge is 0.560 e. The second-order valence-electron chi connectivity index (χ2n) is 8.61. The molecule has 0 aromatic carbocycles. The first-order valence-electron chi connectivity index (χ1n) is 10.9. The van der Waals surface area contributed by atoms with Crippen LogP contribution in [0.15, 0.2) is 52.4 Å². The summed E-state index contributed by atoms with van der Waals surface area (Å²) in [4.78, 5) is 60.1. The van der Waals surface area contributed by atoms with Crippen LogP contribution in [0.4, 0.5) is 5.13 Å². The first-order chi connectivity index (χ1) is 17.5. The first-order valence-corrected chi connectivity index (χ1v) is 12.8. The molecule has 37 heavy (non-hydrogen) atoms. The van der Waals surface area contributed by atoms with Crippen LogP contribution < -0.4 is 15.6 Å². The molecule has 4 rings (SSSR count). The van der Waals surface area contributed by atoms with Crippen LogP contribution in [0.5, 0.6) is 0 Å². The molecule has 0 saturated carbocycles. The second kappa shape index (κ2) is 10.2. The van der Waals surface area contributed by atoms with E-state index in [4.69, 9.17) is 15.7 Å². The van der Waals surface area contributed by atoms with E-state index in [1.165, 1.54) is 35.9 Å². The summed E-state index contributed by atoms with van der Waals surface area (Å²) in [5.74, 6) is -3.30. The minimum atomic E-state index is -1.74. The number of hydrogen-bond donors (Lipinski definition) is 3. The van der Waals surface area contributed by atoms with E-state index in [1.54, 1.807) is 0 Å². The SMILES string of the molecule is CC(C)(O/N=C(/C(=O)N[C@@H]1C(=O)N2C(C(=O)[OH2+])=C(C[n+]3ccccc3)CS[C@H]12)c1csc(N)n1)C(=O)O. The number of oxime groups is 1. The summed E-state index contributed by atoms with van der Waals surface area (Å²) < 4.78 is 1.84. The molecule has 4 heterocycles. The van der Waals surface area contributed by atoms with Gasteiger partial charge in [-0.05, 0) is 13.8 Å². The lowest BCUT2D eigenvalue weighted by Crippen LogP contribution is -2.71. The van der Waals surface area contributed by atoms with Gasteiger partial charge < -0.3 is 26.1 Å². The van der Waals surface area contributed by atoms with Gasteiger partial charge in [0.2, 0.25) is 11.3 Å². The number of fused-ring (bicyclic) bond motifs is 1. The van der Waals surface area contributed by atoms with Crippen molar-refractivity contribution in [2.75, 3.05) is 11.5 Å². The molecule has 194 valence electrons. The molecule has 13 nitrogen and oxygen atoms in total. The molecule has 0 bridgehead atoms. The lowest BCUT2D eigenvalue weighted by atomic mass is 10.0. The number of β-lactam (4-membered cyclic amide) rings is 1. The molecule has 2 aromatic rings. The fraction of sp³-hybridized carbons (Fsp3) is 0.318. The Morgan fingerprint density at radius 3 is 2.65 bits per heavy atom. The van der Waals surface area contributed by atoms with Crippen LogP contribution in [0.3, 0.4) is 0 Å². The number of carbonyl (C=O) groups excluding carboxylic acids is 3. The number of nitrogens with zero attached hydrogens (tertiary/aromatic N) is 4. The monoisotopic (exact) mass is 548 g/mol. The molecular formula is C22H24N6O7S2+2. The Hall–Kier alpha value is -3.98. The van der Waals surface area contributed by atoms with E-state index in [9.17, 15) is 24.3 Å². The Balaban J connectivity index is 1.55. The molecule has 2 aromatic heterocycles. The number of hydrogen-bond acceptors (Lipinski definition) is 10. The van der Waals surface area contributed by atoms with Crippen LogP contribution >= 0.6 is 23.1 Å². The molecular weight excluding hydrogens is 524 g/mol. The lowest BCUT2D eigenvalue weighted by molar-refractivity contribution is -0.689. The van der Waals surface area contributed by atoms with Gasteiger partial charge in [0.15, 0.2) is 29.8 Å². The van der Waals surface area contributed by atoms with Crippen molar-refractivity contribution in [3.63, 3.8) is 0 Å². The van der Waals surface area contributed by atoms with Gasteiger partial charge in [0.1, 0.15) is 17.1 Å². The van der Waals surface area contributed by atoms with Crippen LogP contribution in [0.2, 0.25) is 0 Å². The van der Waals surface area contributed by atoms with Crippen molar-refractivity contribution in [2.24, 2.45) is 5.16 Å². The van der Waals surface area contributed by atoms with E-state index >= 15 is 0 Å². The third kappa shape index (κ3) is 5.27. The van der Waals surface area contributed by atoms with Crippen LogP contribution in [0, 0.1) is 0 Å². The van der Waals surface area contributed by atoms with Crippen molar-refractivity contribution in [1.82, 2.24) is 15.2 Å². The van der Waals surface area contributed by atoms with Gasteiger partial charge in [0.05, 0.1) is 0 Å². The highest BCUT2D eigenvalue weighted by atomic mass is 32.2. The number of aliphatic carboxylic acids is 1. The number of carboxylic acids is 1. The molecule has 2 amide bonds. The van der Waals surface area contributed by atoms with Gasteiger partial charge in [-0.15, -0.1) is 23.1 Å². The minimum absolute atomic E-state index is 0.00306. The molecule has 0 spiro atoms. The first kappa shape index (κ1) is 26.1. The molecule has 2 aliphatic rings. The van der Waals surface area contributed by atoms with Crippen LogP contribution in [-0.2, 0) is 30.6 Å². The van der Waals surface area contributed by atoms with Crippen LogP contribution in [0.1, 0.15) is 19.5 Å². The summed E-state index contributed by atoms with van der Waals surface area (Å²) in [5, 5.41) is 24.3. The molecule has 15 heteroatoms. The number of carboxylic acid groups (broad SMARTS) is 1. The summed E-state index contributed by atoms with van der Waals surface area (Å²) in [6.45, 7) is 2.85. The predicted octanol–water partition coefficient (Wildman–Crippen LogP) is -0.798. The molecule has 0 unspecified atom stereocenters. The van der Waals surface area contributed by atoms with Crippen molar-refractivity contribution in [2.45, 2.75) is 37.4 Å². The summed E-state index contributed by atoms with van der Waals surface area (Å²) >= 11 is 2.39. The number of aromatic nitrogens is 2. The van der Waals surface area contributed by atoms with E-state index in [2.05, 4.69) is 15.5 Å². The number of nitrogens with one attached hydrogen (secondary N) is 1. The van der Waals surface area contributed by atoms with Gasteiger partial charge in [-0.2, -0.15) is 0 Å². The maximum atomic E-state index is 13.1. The fourth-order valence-corrected chi connectivity index (χ4v) is 5.47. The largest absolute Gasteiger partial charge is 0.566 e. The molecule has 0 radical (unpaired) electrons. The highest BCUT2D eigenvalue weighted by Gasteiger charge is 2.56. The quantitative estimate of drug-likeness (QED) is 0.118. The number of carbonyl (C=O) groups is 4. The molecule has 1 saturated heterocycles. The summed E-state index contributed by atoms with van der Waals surface area (Å²) in [7, 11) is 0. The fourth-order valence-electron chi connectivity index (χ4n) is 3.59. The zero-order valence-electron chi connectivity index (χ0n) is 19.7. The number of rotatable bonds is 9. The van der Waals surface area contributed by atoms with E-state index in [0.717, 1.165) is 11.3 Å². The van der Waals surface area contributed by atoms with Crippen LogP contribution in [0.25, 0.3) is 0 Å². The van der Waals surface area contributed by atoms with Crippen molar-refractivity contribution in [3.8, 4) is 0 Å². The molecule has 0 aliphatic carbocycles. The standard InChI is InChI=1S/C22H22N6O7S2/c1-22(2,20(33)34)35-26-13(12-10-37-21(23)24-12)16(29)25-14-17(30)28-15(19(31)32)11(9-36-18(14)28)8-27-6-4-3-5-7-27/h3-7,10,14,18H,8-9H2,1-2H3,(H4-,23,24,25,29,31,32,33,34)/p+2/b26-13+/t14-,18-/m1/s1. The minimum Gasteiger partial charge on any atom is -0.560 e. The van der Waals surface area contributed by atoms with Gasteiger partial charge in [-0.1, -0.05) is 11.2 Å². The van der Waals surface area contributed by atoms with Crippen LogP contribution in [-0.4, -0.2) is 72.3 Å². The Bertz CT molecular complexity index is 1320. The van der Waals surface area contributed by atoms with E-state index in [-0.39, 0.29) is 22.2 Å². The number of nitrogen functional groups attached to an aromatic ring is 1. The van der Waals surface area contributed by atoms with E-state index < -0.39 is 40.8 Å². The maximum Gasteiger partial charge on any atom is 0.566 e. The molecule has 2 aliphatic heterocycles. The van der Waals surface area contributed by atoms with Gasteiger partial charge in [-0.3, -0.25) is 14.5 Å². The van der Waals surface area contributed by atoms with Crippen molar-refractivity contribution in [3.05, 3.63) is 52.9 Å². The average molecular weight is 549 g/mol. The van der Waals surface area contributed by atoms with Crippen molar-refractivity contribution in [1.29, 1.82) is 0 Å². The summed E-state index contributed by atoms with van der Waals surface area (Å²) in [6, 6.07) is 4.51. The number of anilines is 1. The summed E-state index contributed by atoms with van der Waals surface area (Å²) in [5.41, 5.74) is 4.25. The second-order valence-corrected chi connectivity index (χ2v) is 10.6. The maximum absolute atomic E-state index is 13.1. The Kier molecular flexibility index (Phi) is 7.18. The number of thioether (sulfide) groups is 1. The normalized spacial score (nSPS) is 19.7. The summed E-state index contributed by atoms with van der Waals surface area (Å²) in [6.07, 6.45) is 3.63. The highest BCUT2D eigenvalue weighted by molar-refractivity contribution is 8.00. The zero-order valence-corrected chi connectivity index (χ0v) is 21.3. The van der Waals surface area contributed by atoms with Gasteiger partial charge in [0, 0.05) is 33.6 Å². The Morgan fingerprint density at radius 2 is 2.05 bits per heavy atom. The molecule has 6 N–H and O–H groups in total. The lowest BCUT2D eigenvalue weighted by Gasteiger charge is -2.48. The topological polar surface area (TPSA) is 191 Å². The Morgan fingerprint density at radius 1 is 1.35 bits per heavy atom. The molecule has 1 fully saturated rings. The third-order valence-corrected chi connectivity index (χ3v) is 7.57. The Labute approximate surface area is 218 Å². The third-order valence-electron chi connectivity index (χ3n) is 5.56.